The zero-order valence-electron chi connectivity index (χ0n) is 11.5. The molecule has 0 fully saturated rings. The first-order chi connectivity index (χ1) is 10.1. The molecular formula is C17H14ClNO2. The number of carbonyl (C=O) groups is 1. The Morgan fingerprint density at radius 2 is 1.86 bits per heavy atom. The summed E-state index contributed by atoms with van der Waals surface area (Å²) in [6, 6.07) is 16.7. The first-order valence-corrected chi connectivity index (χ1v) is 7.12. The van der Waals surface area contributed by atoms with E-state index in [0.29, 0.717) is 11.3 Å². The van der Waals surface area contributed by atoms with Crippen molar-refractivity contribution in [3.8, 4) is 0 Å². The van der Waals surface area contributed by atoms with E-state index in [1.54, 1.807) is 6.07 Å². The van der Waals surface area contributed by atoms with Crippen LogP contribution in [0.4, 0.5) is 5.69 Å². The number of hydrogen-bond acceptors (Lipinski definition) is 2. The maximum atomic E-state index is 12.3. The van der Waals surface area contributed by atoms with Gasteiger partial charge in [0.25, 0.3) is 5.91 Å². The Kier molecular flexibility index (Phi) is 3.67. The van der Waals surface area contributed by atoms with Gasteiger partial charge in [0.05, 0.1) is 5.38 Å². The van der Waals surface area contributed by atoms with Gasteiger partial charge in [-0.05, 0) is 30.7 Å². The normalized spacial score (nSPS) is 12.3. The molecule has 0 bridgehead atoms. The first-order valence-electron chi connectivity index (χ1n) is 6.68. The predicted molar refractivity (Wildman–Crippen MR) is 84.9 cm³/mol. The van der Waals surface area contributed by atoms with Gasteiger partial charge in [0.1, 0.15) is 5.58 Å². The molecule has 1 N–H and O–H groups in total. The van der Waals surface area contributed by atoms with Crippen molar-refractivity contribution in [1.29, 1.82) is 0 Å². The molecule has 0 saturated carbocycles. The number of amides is 1. The fourth-order valence-corrected chi connectivity index (χ4v) is 2.43. The number of benzene rings is 2. The van der Waals surface area contributed by atoms with Crippen LogP contribution in [0.25, 0.3) is 11.0 Å². The molecule has 3 aromatic rings. The van der Waals surface area contributed by atoms with Crippen molar-refractivity contribution in [3.05, 3.63) is 65.9 Å². The molecule has 1 aromatic heterocycles. The Labute approximate surface area is 127 Å². The molecule has 1 unspecified atom stereocenters. The number of hydrogen-bond donors (Lipinski definition) is 1. The summed E-state index contributed by atoms with van der Waals surface area (Å²) in [5, 5.41) is 3.57. The molecule has 4 heteroatoms. The van der Waals surface area contributed by atoms with Crippen molar-refractivity contribution in [2.45, 2.75) is 12.3 Å². The van der Waals surface area contributed by atoms with Crippen LogP contribution in [0.5, 0.6) is 0 Å². The SMILES string of the molecule is CC(Cl)c1ccccc1NC(=O)c1cc2ccccc2o1. The van der Waals surface area contributed by atoms with E-state index in [1.165, 1.54) is 0 Å². The fourth-order valence-electron chi connectivity index (χ4n) is 2.24. The molecule has 106 valence electrons. The highest BCUT2D eigenvalue weighted by atomic mass is 35.5. The number of para-hydroxylation sites is 2. The van der Waals surface area contributed by atoms with Crippen LogP contribution in [-0.4, -0.2) is 5.91 Å². The number of halogens is 1. The molecule has 0 aliphatic heterocycles. The van der Waals surface area contributed by atoms with Crippen LogP contribution in [0.3, 0.4) is 0 Å². The van der Waals surface area contributed by atoms with Crippen LogP contribution in [0.2, 0.25) is 0 Å². The fraction of sp³-hybridized carbons (Fsp3) is 0.118. The highest BCUT2D eigenvalue weighted by molar-refractivity contribution is 6.21. The van der Waals surface area contributed by atoms with E-state index in [4.69, 9.17) is 16.0 Å². The third-order valence-corrected chi connectivity index (χ3v) is 3.52. The van der Waals surface area contributed by atoms with Crippen molar-refractivity contribution in [3.63, 3.8) is 0 Å². The van der Waals surface area contributed by atoms with Crippen molar-refractivity contribution in [1.82, 2.24) is 0 Å². The Morgan fingerprint density at radius 1 is 1.14 bits per heavy atom. The smallest absolute Gasteiger partial charge is 0.291 e. The molecule has 0 spiro atoms. The van der Waals surface area contributed by atoms with E-state index < -0.39 is 0 Å². The Bertz CT molecular complexity index is 759. The Hall–Kier alpha value is -2.26. The summed E-state index contributed by atoms with van der Waals surface area (Å²) < 4.78 is 5.56. The Balaban J connectivity index is 1.89. The van der Waals surface area contributed by atoms with Gasteiger partial charge in [0.15, 0.2) is 5.76 Å². The molecule has 2 aromatic carbocycles. The zero-order chi connectivity index (χ0) is 14.8. The Morgan fingerprint density at radius 3 is 2.62 bits per heavy atom. The minimum atomic E-state index is -0.282. The lowest BCUT2D eigenvalue weighted by Crippen LogP contribution is -2.12. The summed E-state index contributed by atoms with van der Waals surface area (Å²) in [6.45, 7) is 1.87. The van der Waals surface area contributed by atoms with Crippen LogP contribution in [0, 0.1) is 0 Å². The van der Waals surface area contributed by atoms with Gasteiger partial charge in [0, 0.05) is 11.1 Å². The molecule has 0 aliphatic carbocycles. The lowest BCUT2D eigenvalue weighted by Gasteiger charge is -2.11. The number of fused-ring (bicyclic) bond motifs is 1. The molecule has 0 radical (unpaired) electrons. The van der Waals surface area contributed by atoms with Crippen molar-refractivity contribution < 1.29 is 9.21 Å². The van der Waals surface area contributed by atoms with E-state index in [9.17, 15) is 4.79 Å². The van der Waals surface area contributed by atoms with Gasteiger partial charge in [-0.3, -0.25) is 4.79 Å². The molecule has 1 atom stereocenters. The number of nitrogens with one attached hydrogen (secondary N) is 1. The van der Waals surface area contributed by atoms with E-state index in [0.717, 1.165) is 10.9 Å². The lowest BCUT2D eigenvalue weighted by molar-refractivity contribution is 0.0998. The molecule has 3 rings (SSSR count). The highest BCUT2D eigenvalue weighted by Gasteiger charge is 2.15. The summed E-state index contributed by atoms with van der Waals surface area (Å²) in [6.07, 6.45) is 0. The first kappa shape index (κ1) is 13.7. The second-order valence-electron chi connectivity index (χ2n) is 4.81. The van der Waals surface area contributed by atoms with E-state index in [2.05, 4.69) is 5.32 Å². The number of anilines is 1. The average molecular weight is 300 g/mol. The molecule has 1 amide bonds. The molecule has 21 heavy (non-hydrogen) atoms. The molecule has 0 saturated heterocycles. The van der Waals surface area contributed by atoms with Crippen LogP contribution in [0.15, 0.2) is 59.0 Å². The van der Waals surface area contributed by atoms with Crippen molar-refractivity contribution in [2.24, 2.45) is 0 Å². The molecule has 1 heterocycles. The molecule has 3 nitrogen and oxygen atoms in total. The third kappa shape index (κ3) is 2.78. The lowest BCUT2D eigenvalue weighted by atomic mass is 10.1. The van der Waals surface area contributed by atoms with Gasteiger partial charge in [-0.15, -0.1) is 11.6 Å². The number of carbonyl (C=O) groups excluding carboxylic acids is 1. The molecular weight excluding hydrogens is 286 g/mol. The molecule has 0 aliphatic rings. The van der Waals surface area contributed by atoms with Gasteiger partial charge < -0.3 is 9.73 Å². The second-order valence-corrected chi connectivity index (χ2v) is 5.46. The van der Waals surface area contributed by atoms with Gasteiger partial charge in [-0.1, -0.05) is 36.4 Å². The zero-order valence-corrected chi connectivity index (χ0v) is 12.2. The van der Waals surface area contributed by atoms with Crippen LogP contribution in [-0.2, 0) is 0 Å². The number of rotatable bonds is 3. The van der Waals surface area contributed by atoms with Gasteiger partial charge in [-0.25, -0.2) is 0 Å². The summed E-state index contributed by atoms with van der Waals surface area (Å²) in [5.41, 5.74) is 2.27. The summed E-state index contributed by atoms with van der Waals surface area (Å²) >= 11 is 6.13. The van der Waals surface area contributed by atoms with E-state index in [1.807, 2.05) is 55.5 Å². The van der Waals surface area contributed by atoms with Gasteiger partial charge in [0.2, 0.25) is 0 Å². The summed E-state index contributed by atoms with van der Waals surface area (Å²) in [5.74, 6) is 0.00388. The monoisotopic (exact) mass is 299 g/mol. The third-order valence-electron chi connectivity index (χ3n) is 3.29. The van der Waals surface area contributed by atoms with E-state index in [-0.39, 0.29) is 17.0 Å². The highest BCUT2D eigenvalue weighted by Crippen LogP contribution is 2.28. The average Bonchev–Trinajstić information content (AvgIpc) is 2.91. The maximum absolute atomic E-state index is 12.3. The van der Waals surface area contributed by atoms with Crippen LogP contribution < -0.4 is 5.32 Å². The van der Waals surface area contributed by atoms with Crippen molar-refractivity contribution >= 4 is 34.2 Å². The number of alkyl halides is 1. The minimum Gasteiger partial charge on any atom is -0.451 e. The minimum absolute atomic E-state index is 0.183. The van der Waals surface area contributed by atoms with Gasteiger partial charge in [-0.2, -0.15) is 0 Å². The number of furan rings is 1. The van der Waals surface area contributed by atoms with E-state index >= 15 is 0 Å². The standard InChI is InChI=1S/C17H14ClNO2/c1-11(18)13-7-3-4-8-14(13)19-17(20)16-10-12-6-2-5-9-15(12)21-16/h2-11H,1H3,(H,19,20). The summed E-state index contributed by atoms with van der Waals surface area (Å²) in [4.78, 5) is 12.3. The second kappa shape index (κ2) is 5.62. The predicted octanol–water partition coefficient (Wildman–Crippen LogP) is 4.98. The maximum Gasteiger partial charge on any atom is 0.291 e. The topological polar surface area (TPSA) is 42.2 Å². The van der Waals surface area contributed by atoms with Gasteiger partial charge >= 0.3 is 0 Å². The van der Waals surface area contributed by atoms with Crippen LogP contribution in [0.1, 0.15) is 28.4 Å². The van der Waals surface area contributed by atoms with Crippen LogP contribution >= 0.6 is 11.6 Å². The summed E-state index contributed by atoms with van der Waals surface area (Å²) in [7, 11) is 0. The van der Waals surface area contributed by atoms with Crippen molar-refractivity contribution in [2.75, 3.05) is 5.32 Å². The largest absolute Gasteiger partial charge is 0.451 e. The quantitative estimate of drug-likeness (QED) is 0.693.